The van der Waals surface area contributed by atoms with Crippen molar-refractivity contribution in [3.63, 3.8) is 0 Å². The first-order valence-electron chi connectivity index (χ1n) is 9.58. The summed E-state index contributed by atoms with van der Waals surface area (Å²) < 4.78 is 20.9. The zero-order chi connectivity index (χ0) is 21.9. The molecule has 2 aromatic carbocycles. The summed E-state index contributed by atoms with van der Waals surface area (Å²) in [6.07, 6.45) is 4.50. The second-order valence-corrected chi connectivity index (χ2v) is 8.64. The highest BCUT2D eigenvalue weighted by atomic mass is 79.9. The molecule has 31 heavy (non-hydrogen) atoms. The Bertz CT molecular complexity index is 1220. The number of amides is 2. The third-order valence-electron chi connectivity index (χ3n) is 5.73. The average molecular weight is 502 g/mol. The standard InChI is InChI=1S/C23H15BrClFN2O3/c1-12-18-16(10-15(26)20(25)19(18)24)31-23(12,17-8-4-5-9-27-17)11-28-21(29)13-6-2-3-7-14(13)22(28)30/h2-4,6-8,10H,1,5,9,11H2. The van der Waals surface area contributed by atoms with Gasteiger partial charge in [0.05, 0.1) is 32.9 Å². The largest absolute Gasteiger partial charge is 0.473 e. The molecule has 5 nitrogen and oxygen atoms in total. The van der Waals surface area contributed by atoms with Gasteiger partial charge in [-0.05, 0) is 40.6 Å². The summed E-state index contributed by atoms with van der Waals surface area (Å²) in [6, 6.07) is 7.83. The molecule has 0 saturated heterocycles. The molecule has 0 aliphatic carbocycles. The van der Waals surface area contributed by atoms with Crippen molar-refractivity contribution in [1.82, 2.24) is 4.90 Å². The van der Waals surface area contributed by atoms with Crippen molar-refractivity contribution in [2.24, 2.45) is 4.99 Å². The molecule has 2 amide bonds. The second-order valence-electron chi connectivity index (χ2n) is 7.47. The van der Waals surface area contributed by atoms with Gasteiger partial charge in [-0.25, -0.2) is 4.39 Å². The van der Waals surface area contributed by atoms with Crippen LogP contribution in [-0.2, 0) is 0 Å². The summed E-state index contributed by atoms with van der Waals surface area (Å²) >= 11 is 9.44. The van der Waals surface area contributed by atoms with E-state index in [-0.39, 0.29) is 17.3 Å². The molecule has 2 aromatic rings. The summed E-state index contributed by atoms with van der Waals surface area (Å²) in [7, 11) is 0. The zero-order valence-corrected chi connectivity index (χ0v) is 18.5. The fraction of sp³-hybridized carbons (Fsp3) is 0.174. The molecule has 3 heterocycles. The summed E-state index contributed by atoms with van der Waals surface area (Å²) in [5.74, 6) is -1.28. The number of aliphatic imine (C=N–C) groups is 1. The number of dihydropyridines is 1. The van der Waals surface area contributed by atoms with Crippen LogP contribution in [0.5, 0.6) is 5.75 Å². The summed E-state index contributed by atoms with van der Waals surface area (Å²) in [5, 5.41) is -0.0962. The fourth-order valence-corrected chi connectivity index (χ4v) is 4.95. The molecular formula is C23H15BrClFN2O3. The van der Waals surface area contributed by atoms with Crippen LogP contribution in [0.2, 0.25) is 5.02 Å². The third-order valence-corrected chi connectivity index (χ3v) is 7.12. The number of ether oxygens (including phenoxy) is 1. The number of benzene rings is 2. The number of carbonyl (C=O) groups excluding carboxylic acids is 2. The smallest absolute Gasteiger partial charge is 0.261 e. The van der Waals surface area contributed by atoms with Gasteiger partial charge in [0.15, 0.2) is 5.60 Å². The third kappa shape index (κ3) is 2.83. The van der Waals surface area contributed by atoms with Gasteiger partial charge in [0.2, 0.25) is 0 Å². The van der Waals surface area contributed by atoms with Crippen molar-refractivity contribution in [1.29, 1.82) is 0 Å². The van der Waals surface area contributed by atoms with Crippen LogP contribution in [0, 0.1) is 5.82 Å². The van der Waals surface area contributed by atoms with Crippen LogP contribution in [0.4, 0.5) is 4.39 Å². The molecular weight excluding hydrogens is 487 g/mol. The van der Waals surface area contributed by atoms with Crippen LogP contribution < -0.4 is 4.74 Å². The van der Waals surface area contributed by atoms with E-state index >= 15 is 0 Å². The Morgan fingerprint density at radius 1 is 1.26 bits per heavy atom. The molecule has 0 radical (unpaired) electrons. The minimum Gasteiger partial charge on any atom is -0.473 e. The van der Waals surface area contributed by atoms with Crippen LogP contribution in [0.3, 0.4) is 0 Å². The Labute approximate surface area is 191 Å². The quantitative estimate of drug-likeness (QED) is 0.435. The van der Waals surface area contributed by atoms with Gasteiger partial charge in [0.25, 0.3) is 11.8 Å². The molecule has 0 N–H and O–H groups in total. The lowest BCUT2D eigenvalue weighted by molar-refractivity contribution is 0.0577. The highest BCUT2D eigenvalue weighted by Gasteiger charge is 2.52. The predicted octanol–water partition coefficient (Wildman–Crippen LogP) is 5.08. The minimum absolute atomic E-state index is 0.0962. The lowest BCUT2D eigenvalue weighted by Gasteiger charge is -2.34. The van der Waals surface area contributed by atoms with E-state index < -0.39 is 23.2 Å². The average Bonchev–Trinajstić information content (AvgIpc) is 3.20. The molecule has 0 aromatic heterocycles. The van der Waals surface area contributed by atoms with Gasteiger partial charge in [0, 0.05) is 23.7 Å². The van der Waals surface area contributed by atoms with Crippen molar-refractivity contribution in [3.05, 3.63) is 81.1 Å². The lowest BCUT2D eigenvalue weighted by Crippen LogP contribution is -2.53. The number of halogens is 3. The molecule has 3 aliphatic rings. The molecule has 3 aliphatic heterocycles. The van der Waals surface area contributed by atoms with E-state index in [1.54, 1.807) is 30.3 Å². The van der Waals surface area contributed by atoms with E-state index in [1.807, 2.05) is 6.08 Å². The first kappa shape index (κ1) is 20.2. The van der Waals surface area contributed by atoms with E-state index in [9.17, 15) is 14.0 Å². The molecule has 8 heteroatoms. The van der Waals surface area contributed by atoms with Crippen LogP contribution in [0.1, 0.15) is 32.7 Å². The summed E-state index contributed by atoms with van der Waals surface area (Å²) in [5.41, 5.74) is 0.759. The van der Waals surface area contributed by atoms with E-state index in [2.05, 4.69) is 27.5 Å². The normalized spacial score (nSPS) is 21.8. The van der Waals surface area contributed by atoms with Crippen molar-refractivity contribution in [2.75, 3.05) is 13.1 Å². The number of hydrogen-bond acceptors (Lipinski definition) is 4. The number of carbonyl (C=O) groups is 2. The number of hydrogen-bond donors (Lipinski definition) is 0. The summed E-state index contributed by atoms with van der Waals surface area (Å²) in [4.78, 5) is 31.8. The van der Waals surface area contributed by atoms with E-state index in [0.717, 1.165) is 11.3 Å². The molecule has 1 atom stereocenters. The Morgan fingerprint density at radius 2 is 1.94 bits per heavy atom. The van der Waals surface area contributed by atoms with E-state index in [1.165, 1.54) is 6.07 Å². The predicted molar refractivity (Wildman–Crippen MR) is 119 cm³/mol. The number of rotatable bonds is 3. The maximum absolute atomic E-state index is 14.3. The van der Waals surface area contributed by atoms with Crippen LogP contribution in [0.25, 0.3) is 5.57 Å². The van der Waals surface area contributed by atoms with Crippen LogP contribution >= 0.6 is 27.5 Å². The van der Waals surface area contributed by atoms with Crippen molar-refractivity contribution in [3.8, 4) is 5.75 Å². The molecule has 0 bridgehead atoms. The van der Waals surface area contributed by atoms with Crippen LogP contribution in [-0.4, -0.2) is 41.1 Å². The van der Waals surface area contributed by atoms with Gasteiger partial charge >= 0.3 is 0 Å². The first-order chi connectivity index (χ1) is 14.8. The van der Waals surface area contributed by atoms with Crippen molar-refractivity contribution >= 4 is 50.6 Å². The SMILES string of the molecule is C=C1c2c(cc(F)c(Cl)c2Br)OC1(CN1C(=O)c2ccccc2C1=O)C1=NCCC=C1. The highest BCUT2D eigenvalue weighted by molar-refractivity contribution is 9.10. The van der Waals surface area contributed by atoms with Crippen LogP contribution in [0.15, 0.2) is 58.5 Å². The lowest BCUT2D eigenvalue weighted by atomic mass is 9.85. The van der Waals surface area contributed by atoms with Gasteiger partial charge in [-0.3, -0.25) is 19.5 Å². The Hall–Kier alpha value is -2.77. The van der Waals surface area contributed by atoms with Crippen molar-refractivity contribution < 1.29 is 18.7 Å². The number of fused-ring (bicyclic) bond motifs is 2. The zero-order valence-electron chi connectivity index (χ0n) is 16.1. The first-order valence-corrected chi connectivity index (χ1v) is 10.7. The number of imide groups is 1. The molecule has 0 saturated carbocycles. The minimum atomic E-state index is -1.35. The van der Waals surface area contributed by atoms with Gasteiger partial charge < -0.3 is 4.74 Å². The maximum Gasteiger partial charge on any atom is 0.261 e. The fourth-order valence-electron chi connectivity index (χ4n) is 4.18. The molecule has 0 spiro atoms. The maximum atomic E-state index is 14.3. The highest BCUT2D eigenvalue weighted by Crippen LogP contribution is 2.51. The molecule has 5 rings (SSSR count). The monoisotopic (exact) mass is 500 g/mol. The Balaban J connectivity index is 1.64. The number of nitrogens with zero attached hydrogens (tertiary/aromatic N) is 2. The summed E-state index contributed by atoms with van der Waals surface area (Å²) in [6.45, 7) is 4.57. The molecule has 156 valence electrons. The van der Waals surface area contributed by atoms with Gasteiger partial charge in [-0.1, -0.05) is 36.4 Å². The Morgan fingerprint density at radius 3 is 2.55 bits per heavy atom. The van der Waals surface area contributed by atoms with Gasteiger partial charge in [0.1, 0.15) is 11.6 Å². The molecule has 1 unspecified atom stereocenters. The second kappa shape index (κ2) is 7.14. The van der Waals surface area contributed by atoms with Gasteiger partial charge in [-0.15, -0.1) is 0 Å². The van der Waals surface area contributed by atoms with Gasteiger partial charge in [-0.2, -0.15) is 0 Å². The molecule has 0 fully saturated rings. The van der Waals surface area contributed by atoms with Crippen molar-refractivity contribution in [2.45, 2.75) is 12.0 Å². The Kier molecular flexibility index (Phi) is 4.64. The topological polar surface area (TPSA) is 59.0 Å². The van der Waals surface area contributed by atoms with E-state index in [4.69, 9.17) is 16.3 Å². The van der Waals surface area contributed by atoms with E-state index in [0.29, 0.717) is 39.0 Å².